The third-order valence-electron chi connectivity index (χ3n) is 6.79. The zero-order chi connectivity index (χ0) is 24.8. The molecule has 1 amide bonds. The second-order valence-electron chi connectivity index (χ2n) is 10.4. The summed E-state index contributed by atoms with van der Waals surface area (Å²) in [4.78, 5) is 39.2. The Bertz CT molecular complexity index is 857. The molecule has 34 heavy (non-hydrogen) atoms. The van der Waals surface area contributed by atoms with Crippen molar-refractivity contribution >= 4 is 31.3 Å². The van der Waals surface area contributed by atoms with E-state index in [4.69, 9.17) is 4.74 Å². The summed E-state index contributed by atoms with van der Waals surface area (Å²) in [5.41, 5.74) is 0.0869. The summed E-state index contributed by atoms with van der Waals surface area (Å²) in [6.45, 7) is 11.0. The Morgan fingerprint density at radius 1 is 1.24 bits per heavy atom. The Hall–Kier alpha value is -2.06. The standard InChI is InChI=1S/C26H40N2O5.H2S/c1-7-26(13-8-9-14-28(6)17-26)19-11-10-12-20(15-19)33-21(29)16-25(4,5)24(32)27-22(18(2)3)23(30)31;/h10-12,15,18,22H,7-9,13-14,16-17H2,1-6H3,(H,27,32)(H,30,31);1H2/t22-,26?;/m0./s1. The Morgan fingerprint density at radius 2 is 1.91 bits per heavy atom. The van der Waals surface area contributed by atoms with Crippen LogP contribution < -0.4 is 10.1 Å². The topological polar surface area (TPSA) is 95.9 Å². The third kappa shape index (κ3) is 7.73. The number of likely N-dealkylation sites (tertiary alicyclic amines) is 1. The van der Waals surface area contributed by atoms with Gasteiger partial charge in [-0.2, -0.15) is 13.5 Å². The molecule has 1 aromatic carbocycles. The molecule has 1 aromatic rings. The maximum absolute atomic E-state index is 12.7. The lowest BCUT2D eigenvalue weighted by molar-refractivity contribution is -0.146. The molecule has 2 rings (SSSR count). The van der Waals surface area contributed by atoms with E-state index >= 15 is 0 Å². The zero-order valence-electron chi connectivity index (χ0n) is 21.4. The van der Waals surface area contributed by atoms with Crippen molar-refractivity contribution in [1.82, 2.24) is 10.2 Å². The van der Waals surface area contributed by atoms with Crippen LogP contribution in [0.1, 0.15) is 72.3 Å². The average molecular weight is 495 g/mol. The molecule has 0 saturated carbocycles. The van der Waals surface area contributed by atoms with Gasteiger partial charge in [0.1, 0.15) is 11.8 Å². The van der Waals surface area contributed by atoms with Gasteiger partial charge in [-0.25, -0.2) is 4.79 Å². The van der Waals surface area contributed by atoms with E-state index in [9.17, 15) is 19.5 Å². The third-order valence-corrected chi connectivity index (χ3v) is 6.79. The minimum atomic E-state index is -1.11. The van der Waals surface area contributed by atoms with Gasteiger partial charge in [-0.1, -0.05) is 53.2 Å². The highest BCUT2D eigenvalue weighted by Crippen LogP contribution is 2.37. The molecule has 1 saturated heterocycles. The smallest absolute Gasteiger partial charge is 0.326 e. The fourth-order valence-corrected chi connectivity index (χ4v) is 4.60. The highest BCUT2D eigenvalue weighted by molar-refractivity contribution is 7.59. The van der Waals surface area contributed by atoms with Crippen LogP contribution in [0.25, 0.3) is 0 Å². The number of carboxylic acid groups (broad SMARTS) is 1. The fourth-order valence-electron chi connectivity index (χ4n) is 4.60. The number of aliphatic carboxylic acids is 1. The monoisotopic (exact) mass is 494 g/mol. The SMILES string of the molecule is CCC1(c2cccc(OC(=O)CC(C)(C)C(=O)N[C@H](C(=O)O)C(C)C)c2)CCCCN(C)C1.S. The molecule has 1 heterocycles. The van der Waals surface area contributed by atoms with Gasteiger partial charge in [0.2, 0.25) is 5.91 Å². The number of benzene rings is 1. The lowest BCUT2D eigenvalue weighted by atomic mass is 9.74. The van der Waals surface area contributed by atoms with Crippen molar-refractivity contribution in [3.8, 4) is 5.75 Å². The van der Waals surface area contributed by atoms with Crippen LogP contribution in [0.3, 0.4) is 0 Å². The van der Waals surface area contributed by atoms with Crippen LogP contribution in [0, 0.1) is 11.3 Å². The van der Waals surface area contributed by atoms with Crippen LogP contribution in [0.5, 0.6) is 5.75 Å². The molecular weight excluding hydrogens is 452 g/mol. The molecule has 0 radical (unpaired) electrons. The van der Waals surface area contributed by atoms with Crippen molar-refractivity contribution in [3.05, 3.63) is 29.8 Å². The van der Waals surface area contributed by atoms with Crippen LogP contribution in [0.4, 0.5) is 0 Å². The Labute approximate surface area is 211 Å². The van der Waals surface area contributed by atoms with Gasteiger partial charge in [0.15, 0.2) is 0 Å². The average Bonchev–Trinajstić information content (AvgIpc) is 2.92. The molecule has 2 N–H and O–H groups in total. The number of nitrogens with one attached hydrogen (secondary N) is 1. The lowest BCUT2D eigenvalue weighted by Crippen LogP contribution is -2.49. The molecule has 1 unspecified atom stereocenters. The number of rotatable bonds is 9. The van der Waals surface area contributed by atoms with Crippen molar-refractivity contribution in [3.63, 3.8) is 0 Å². The van der Waals surface area contributed by atoms with Crippen molar-refractivity contribution in [2.24, 2.45) is 11.3 Å². The number of hydrogen-bond acceptors (Lipinski definition) is 5. The van der Waals surface area contributed by atoms with E-state index in [0.29, 0.717) is 5.75 Å². The molecule has 0 aromatic heterocycles. The van der Waals surface area contributed by atoms with Crippen molar-refractivity contribution < 1.29 is 24.2 Å². The van der Waals surface area contributed by atoms with E-state index in [0.717, 1.165) is 25.9 Å². The fraction of sp³-hybridized carbons (Fsp3) is 0.654. The van der Waals surface area contributed by atoms with Gasteiger partial charge in [0.05, 0.1) is 11.8 Å². The van der Waals surface area contributed by atoms with Gasteiger partial charge >= 0.3 is 11.9 Å². The molecule has 1 fully saturated rings. The van der Waals surface area contributed by atoms with Crippen LogP contribution in [-0.2, 0) is 19.8 Å². The maximum Gasteiger partial charge on any atom is 0.326 e. The predicted molar refractivity (Wildman–Crippen MR) is 139 cm³/mol. The summed E-state index contributed by atoms with van der Waals surface area (Å²) < 4.78 is 5.63. The minimum absolute atomic E-state index is 0. The molecule has 2 atom stereocenters. The van der Waals surface area contributed by atoms with Crippen LogP contribution >= 0.6 is 13.5 Å². The number of amides is 1. The number of carbonyl (C=O) groups is 3. The molecule has 0 spiro atoms. The normalized spacial score (nSPS) is 20.1. The molecule has 7 nitrogen and oxygen atoms in total. The largest absolute Gasteiger partial charge is 0.480 e. The summed E-state index contributed by atoms with van der Waals surface area (Å²) in [5, 5.41) is 11.9. The zero-order valence-corrected chi connectivity index (χ0v) is 22.4. The van der Waals surface area contributed by atoms with Gasteiger partial charge in [-0.3, -0.25) is 9.59 Å². The van der Waals surface area contributed by atoms with E-state index in [2.05, 4.69) is 30.3 Å². The minimum Gasteiger partial charge on any atom is -0.480 e. The van der Waals surface area contributed by atoms with Crippen molar-refractivity contribution in [2.75, 3.05) is 20.1 Å². The molecule has 0 aliphatic carbocycles. The summed E-state index contributed by atoms with van der Waals surface area (Å²) in [6, 6.07) is 6.73. The lowest BCUT2D eigenvalue weighted by Gasteiger charge is -2.35. The number of likely N-dealkylation sites (N-methyl/N-ethyl adjacent to an activating group) is 1. The maximum atomic E-state index is 12.7. The van der Waals surface area contributed by atoms with Gasteiger partial charge in [-0.15, -0.1) is 0 Å². The molecular formula is C26H42N2O5S. The number of carbonyl (C=O) groups excluding carboxylic acids is 2. The van der Waals surface area contributed by atoms with Crippen LogP contribution in [-0.4, -0.2) is 54.0 Å². The summed E-state index contributed by atoms with van der Waals surface area (Å²) in [5.74, 6) is -1.90. The second-order valence-corrected chi connectivity index (χ2v) is 10.4. The van der Waals surface area contributed by atoms with Gasteiger partial charge in [0, 0.05) is 12.0 Å². The predicted octanol–water partition coefficient (Wildman–Crippen LogP) is 4.11. The van der Waals surface area contributed by atoms with Crippen molar-refractivity contribution in [2.45, 2.75) is 78.2 Å². The first-order chi connectivity index (χ1) is 15.4. The molecule has 1 aliphatic heterocycles. The van der Waals surface area contributed by atoms with E-state index in [-0.39, 0.29) is 31.2 Å². The first-order valence-electron chi connectivity index (χ1n) is 11.9. The Morgan fingerprint density at radius 3 is 2.50 bits per heavy atom. The number of carboxylic acids is 1. The van der Waals surface area contributed by atoms with Crippen LogP contribution in [0.15, 0.2) is 24.3 Å². The number of ether oxygens (including phenoxy) is 1. The quantitative estimate of drug-likeness (QED) is 0.396. The first-order valence-corrected chi connectivity index (χ1v) is 11.9. The molecule has 0 bridgehead atoms. The van der Waals surface area contributed by atoms with E-state index < -0.39 is 29.3 Å². The molecule has 8 heteroatoms. The second kappa shape index (κ2) is 12.6. The number of hydrogen-bond donors (Lipinski definition) is 2. The summed E-state index contributed by atoms with van der Waals surface area (Å²) in [6.07, 6.45) is 4.29. The summed E-state index contributed by atoms with van der Waals surface area (Å²) in [7, 11) is 2.15. The van der Waals surface area contributed by atoms with E-state index in [1.807, 2.05) is 12.1 Å². The van der Waals surface area contributed by atoms with Gasteiger partial charge < -0.3 is 20.1 Å². The highest BCUT2D eigenvalue weighted by atomic mass is 32.1. The molecule has 1 aliphatic rings. The summed E-state index contributed by atoms with van der Waals surface area (Å²) >= 11 is 0. The van der Waals surface area contributed by atoms with Crippen molar-refractivity contribution in [1.29, 1.82) is 0 Å². The number of esters is 1. The van der Waals surface area contributed by atoms with E-state index in [1.54, 1.807) is 33.8 Å². The number of nitrogens with zero attached hydrogens (tertiary/aromatic N) is 1. The van der Waals surface area contributed by atoms with E-state index in [1.165, 1.54) is 18.4 Å². The Kier molecular flexibility index (Phi) is 11.1. The van der Waals surface area contributed by atoms with Crippen LogP contribution in [0.2, 0.25) is 0 Å². The highest BCUT2D eigenvalue weighted by Gasteiger charge is 2.36. The van der Waals surface area contributed by atoms with Gasteiger partial charge in [-0.05, 0) is 56.5 Å². The molecule has 192 valence electrons. The Balaban J connectivity index is 0.00000578. The van der Waals surface area contributed by atoms with Gasteiger partial charge in [0.25, 0.3) is 0 Å². The first kappa shape index (κ1) is 30.0.